The number of carbonyl (C=O) groups excluding carboxylic acids is 3. The van der Waals surface area contributed by atoms with Crippen LogP contribution in [0.25, 0.3) is 0 Å². The number of benzene rings is 3. The van der Waals surface area contributed by atoms with Crippen molar-refractivity contribution in [2.24, 2.45) is 0 Å². The highest BCUT2D eigenvalue weighted by molar-refractivity contribution is 7.80. The molecule has 1 heterocycles. The van der Waals surface area contributed by atoms with Gasteiger partial charge in [-0.05, 0) is 73.2 Å². The molecule has 1 unspecified atom stereocenters. The molecule has 0 radical (unpaired) electrons. The van der Waals surface area contributed by atoms with Gasteiger partial charge >= 0.3 is 0 Å². The molecule has 3 amide bonds. The SMILES string of the molecule is Cc1ccc(NC(=O)CC2C(=O)N(c3ccccc3)C(=S)N2NC(=O)c2ccc(Cl)cc2)cc1Cl. The summed E-state index contributed by atoms with van der Waals surface area (Å²) in [5.41, 5.74) is 4.89. The molecule has 0 spiro atoms. The van der Waals surface area contributed by atoms with Crippen molar-refractivity contribution in [3.05, 3.63) is 94.0 Å². The van der Waals surface area contributed by atoms with Crippen molar-refractivity contribution in [1.82, 2.24) is 10.4 Å². The molecule has 4 rings (SSSR count). The number of nitrogens with one attached hydrogen (secondary N) is 2. The zero-order valence-electron chi connectivity index (χ0n) is 18.5. The van der Waals surface area contributed by atoms with Gasteiger partial charge in [-0.3, -0.25) is 24.7 Å². The molecule has 7 nitrogen and oxygen atoms in total. The number of para-hydroxylation sites is 1. The third-order valence-electron chi connectivity index (χ3n) is 5.39. The van der Waals surface area contributed by atoms with Gasteiger partial charge in [-0.15, -0.1) is 0 Å². The number of rotatable bonds is 6. The number of carbonyl (C=O) groups is 3. The molecule has 2 N–H and O–H groups in total. The number of amides is 3. The van der Waals surface area contributed by atoms with Gasteiger partial charge in [0.05, 0.1) is 12.1 Å². The van der Waals surface area contributed by atoms with Gasteiger partial charge in [-0.25, -0.2) is 5.01 Å². The van der Waals surface area contributed by atoms with Crippen LogP contribution in [0.2, 0.25) is 10.0 Å². The number of halogens is 2. The Labute approximate surface area is 217 Å². The summed E-state index contributed by atoms with van der Waals surface area (Å²) >= 11 is 17.6. The number of nitrogens with zero attached hydrogens (tertiary/aromatic N) is 2. The van der Waals surface area contributed by atoms with Gasteiger partial charge in [0.2, 0.25) is 11.0 Å². The maximum Gasteiger partial charge on any atom is 0.269 e. The Hall–Kier alpha value is -3.46. The number of hydrogen-bond acceptors (Lipinski definition) is 4. The van der Waals surface area contributed by atoms with Gasteiger partial charge in [0.15, 0.2) is 0 Å². The summed E-state index contributed by atoms with van der Waals surface area (Å²) in [6.45, 7) is 1.85. The minimum Gasteiger partial charge on any atom is -0.326 e. The Morgan fingerprint density at radius 1 is 1.00 bits per heavy atom. The molecule has 1 fully saturated rings. The summed E-state index contributed by atoms with van der Waals surface area (Å²) in [6, 6.07) is 19.1. The van der Waals surface area contributed by atoms with Gasteiger partial charge in [0.25, 0.3) is 11.8 Å². The fraction of sp³-hybridized carbons (Fsp3) is 0.120. The number of anilines is 2. The Morgan fingerprint density at radius 3 is 2.34 bits per heavy atom. The summed E-state index contributed by atoms with van der Waals surface area (Å²) < 4.78 is 0. The van der Waals surface area contributed by atoms with Crippen LogP contribution in [0.5, 0.6) is 0 Å². The third-order valence-corrected chi connectivity index (χ3v) is 6.43. The second-order valence-corrected chi connectivity index (χ2v) is 9.05. The van der Waals surface area contributed by atoms with Crippen LogP contribution in [-0.4, -0.2) is 33.9 Å². The van der Waals surface area contributed by atoms with E-state index in [0.29, 0.717) is 27.0 Å². The first-order chi connectivity index (χ1) is 16.7. The lowest BCUT2D eigenvalue weighted by molar-refractivity contribution is -0.124. The van der Waals surface area contributed by atoms with Crippen molar-refractivity contribution >= 4 is 69.6 Å². The predicted molar refractivity (Wildman–Crippen MR) is 141 cm³/mol. The fourth-order valence-electron chi connectivity index (χ4n) is 3.55. The van der Waals surface area contributed by atoms with E-state index in [1.807, 2.05) is 13.0 Å². The van der Waals surface area contributed by atoms with Crippen LogP contribution >= 0.6 is 35.4 Å². The average Bonchev–Trinajstić information content (AvgIpc) is 3.06. The van der Waals surface area contributed by atoms with Crippen molar-refractivity contribution < 1.29 is 14.4 Å². The molecule has 3 aromatic rings. The summed E-state index contributed by atoms with van der Waals surface area (Å²) in [7, 11) is 0. The van der Waals surface area contributed by atoms with Crippen LogP contribution in [0.3, 0.4) is 0 Å². The molecule has 1 aliphatic heterocycles. The standard InChI is InChI=1S/C25H20Cl2N4O3S/c1-15-7-12-18(13-20(15)27)28-22(32)14-21-24(34)30(19-5-3-2-4-6-19)25(35)31(21)29-23(33)16-8-10-17(26)11-9-16/h2-13,21H,14H2,1H3,(H,28,32)(H,29,33). The Kier molecular flexibility index (Phi) is 7.35. The number of hydrogen-bond donors (Lipinski definition) is 2. The van der Waals surface area contributed by atoms with E-state index in [1.165, 1.54) is 9.91 Å². The van der Waals surface area contributed by atoms with E-state index in [0.717, 1.165) is 5.56 Å². The second-order valence-electron chi connectivity index (χ2n) is 7.84. The zero-order chi connectivity index (χ0) is 25.1. The van der Waals surface area contributed by atoms with E-state index >= 15 is 0 Å². The highest BCUT2D eigenvalue weighted by atomic mass is 35.5. The van der Waals surface area contributed by atoms with Crippen molar-refractivity contribution in [2.75, 3.05) is 10.2 Å². The molecule has 0 saturated carbocycles. The van der Waals surface area contributed by atoms with Gasteiger partial charge in [-0.2, -0.15) is 0 Å². The van der Waals surface area contributed by atoms with E-state index in [2.05, 4.69) is 10.7 Å². The lowest BCUT2D eigenvalue weighted by atomic mass is 10.1. The van der Waals surface area contributed by atoms with Gasteiger partial charge < -0.3 is 5.32 Å². The van der Waals surface area contributed by atoms with E-state index in [-0.39, 0.29) is 11.5 Å². The lowest BCUT2D eigenvalue weighted by Crippen LogP contribution is -2.49. The molecule has 0 bridgehead atoms. The maximum atomic E-state index is 13.4. The second kappa shape index (κ2) is 10.4. The fourth-order valence-corrected chi connectivity index (χ4v) is 4.22. The van der Waals surface area contributed by atoms with Crippen LogP contribution in [0.15, 0.2) is 72.8 Å². The number of hydrazine groups is 1. The molecule has 0 aromatic heterocycles. The Morgan fingerprint density at radius 2 is 1.69 bits per heavy atom. The largest absolute Gasteiger partial charge is 0.326 e. The zero-order valence-corrected chi connectivity index (χ0v) is 20.8. The lowest BCUT2D eigenvalue weighted by Gasteiger charge is -2.24. The minimum atomic E-state index is -1.06. The van der Waals surface area contributed by atoms with Gasteiger partial charge in [0, 0.05) is 21.3 Å². The molecule has 1 atom stereocenters. The first kappa shape index (κ1) is 24.7. The molecular formula is C25H20Cl2N4O3S. The number of aryl methyl sites for hydroxylation is 1. The van der Waals surface area contributed by atoms with Crippen LogP contribution in [0.1, 0.15) is 22.3 Å². The molecular weight excluding hydrogens is 507 g/mol. The normalized spacial score (nSPS) is 15.3. The summed E-state index contributed by atoms with van der Waals surface area (Å²) in [4.78, 5) is 40.5. The highest BCUT2D eigenvalue weighted by Gasteiger charge is 2.45. The van der Waals surface area contributed by atoms with Crippen molar-refractivity contribution in [2.45, 2.75) is 19.4 Å². The van der Waals surface area contributed by atoms with Gasteiger partial charge in [-0.1, -0.05) is 47.5 Å². The minimum absolute atomic E-state index is 0.0553. The Bertz CT molecular complexity index is 1300. The van der Waals surface area contributed by atoms with E-state index in [1.54, 1.807) is 66.7 Å². The Balaban J connectivity index is 1.58. The van der Waals surface area contributed by atoms with Crippen LogP contribution in [-0.2, 0) is 9.59 Å². The molecule has 178 valence electrons. The first-order valence-corrected chi connectivity index (χ1v) is 11.8. The molecule has 35 heavy (non-hydrogen) atoms. The maximum absolute atomic E-state index is 13.4. The summed E-state index contributed by atoms with van der Waals surface area (Å²) in [6.07, 6.45) is -0.255. The molecule has 1 saturated heterocycles. The number of thiocarbonyl (C=S) groups is 1. The third kappa shape index (κ3) is 5.45. The molecule has 10 heteroatoms. The van der Waals surface area contributed by atoms with E-state index in [4.69, 9.17) is 35.4 Å². The molecule has 1 aliphatic rings. The topological polar surface area (TPSA) is 81.8 Å². The molecule has 0 aliphatic carbocycles. The smallest absolute Gasteiger partial charge is 0.269 e. The van der Waals surface area contributed by atoms with E-state index in [9.17, 15) is 14.4 Å². The van der Waals surface area contributed by atoms with Gasteiger partial charge in [0.1, 0.15) is 6.04 Å². The summed E-state index contributed by atoms with van der Waals surface area (Å²) in [5, 5.41) is 5.04. The quantitative estimate of drug-likeness (QED) is 0.442. The van der Waals surface area contributed by atoms with Crippen LogP contribution in [0, 0.1) is 6.92 Å². The first-order valence-electron chi connectivity index (χ1n) is 10.6. The van der Waals surface area contributed by atoms with Crippen LogP contribution < -0.4 is 15.6 Å². The van der Waals surface area contributed by atoms with Crippen LogP contribution in [0.4, 0.5) is 11.4 Å². The summed E-state index contributed by atoms with van der Waals surface area (Å²) in [5.74, 6) is -1.37. The molecule has 3 aromatic carbocycles. The average molecular weight is 527 g/mol. The van der Waals surface area contributed by atoms with E-state index < -0.39 is 23.8 Å². The van der Waals surface area contributed by atoms with Crippen molar-refractivity contribution in [3.63, 3.8) is 0 Å². The van der Waals surface area contributed by atoms with Crippen molar-refractivity contribution in [3.8, 4) is 0 Å². The monoisotopic (exact) mass is 526 g/mol. The predicted octanol–water partition coefficient (Wildman–Crippen LogP) is 4.98. The van der Waals surface area contributed by atoms with Crippen molar-refractivity contribution in [1.29, 1.82) is 0 Å². The highest BCUT2D eigenvalue weighted by Crippen LogP contribution is 2.27.